The fourth-order valence-corrected chi connectivity index (χ4v) is 2.18. The summed E-state index contributed by atoms with van der Waals surface area (Å²) in [6, 6.07) is 16.8. The molecule has 0 aromatic heterocycles. The van der Waals surface area contributed by atoms with E-state index in [9.17, 15) is 9.90 Å². The smallest absolute Gasteiger partial charge is 0.237 e. The molecule has 5 heteroatoms. The van der Waals surface area contributed by atoms with E-state index in [0.717, 1.165) is 16.9 Å². The molecule has 0 aliphatic rings. The molecule has 2 aromatic rings. The fraction of sp³-hybridized carbons (Fsp3) is 0.278. The number of hydrogen-bond acceptors (Lipinski definition) is 4. The summed E-state index contributed by atoms with van der Waals surface area (Å²) in [5.74, 6) is 0.211. The lowest BCUT2D eigenvalue weighted by Crippen LogP contribution is -2.47. The maximum Gasteiger partial charge on any atom is 0.237 e. The summed E-state index contributed by atoms with van der Waals surface area (Å²) in [6.07, 6.45) is -0.832. The first-order valence-corrected chi connectivity index (χ1v) is 7.52. The highest BCUT2D eigenvalue weighted by molar-refractivity contribution is 5.80. The van der Waals surface area contributed by atoms with Crippen LogP contribution in [0.1, 0.15) is 18.1 Å². The van der Waals surface area contributed by atoms with Crippen molar-refractivity contribution < 1.29 is 14.6 Å². The highest BCUT2D eigenvalue weighted by Crippen LogP contribution is 2.14. The van der Waals surface area contributed by atoms with Gasteiger partial charge in [0.1, 0.15) is 18.4 Å². The number of primary amides is 1. The van der Waals surface area contributed by atoms with Crippen LogP contribution in [0.2, 0.25) is 0 Å². The Morgan fingerprint density at radius 3 is 2.35 bits per heavy atom. The van der Waals surface area contributed by atoms with Gasteiger partial charge in [-0.25, -0.2) is 0 Å². The van der Waals surface area contributed by atoms with Crippen molar-refractivity contribution in [1.29, 1.82) is 0 Å². The van der Waals surface area contributed by atoms with E-state index in [0.29, 0.717) is 13.2 Å². The summed E-state index contributed by atoms with van der Waals surface area (Å²) in [5.41, 5.74) is 7.33. The molecule has 2 rings (SSSR count). The highest BCUT2D eigenvalue weighted by atomic mass is 16.5. The number of nitrogens with one attached hydrogen (secondary N) is 1. The molecule has 122 valence electrons. The SMILES string of the molecule is CC(O)C(NCc1ccc(OCc2ccccc2)cc1)C(N)=O. The summed E-state index contributed by atoms with van der Waals surface area (Å²) >= 11 is 0. The van der Waals surface area contributed by atoms with Crippen molar-refractivity contribution in [3.05, 3.63) is 65.7 Å². The van der Waals surface area contributed by atoms with Gasteiger partial charge < -0.3 is 15.6 Å². The summed E-state index contributed by atoms with van der Waals surface area (Å²) in [5, 5.41) is 12.4. The van der Waals surface area contributed by atoms with E-state index in [-0.39, 0.29) is 0 Å². The van der Waals surface area contributed by atoms with Gasteiger partial charge in [-0.15, -0.1) is 0 Å². The van der Waals surface area contributed by atoms with Gasteiger partial charge >= 0.3 is 0 Å². The summed E-state index contributed by atoms with van der Waals surface area (Å²) < 4.78 is 5.71. The van der Waals surface area contributed by atoms with Crippen LogP contribution in [0.4, 0.5) is 0 Å². The van der Waals surface area contributed by atoms with Crippen molar-refractivity contribution in [2.24, 2.45) is 5.73 Å². The Kier molecular flexibility index (Phi) is 6.14. The van der Waals surface area contributed by atoms with Crippen LogP contribution in [0, 0.1) is 0 Å². The third-order valence-corrected chi connectivity index (χ3v) is 3.49. The third kappa shape index (κ3) is 5.39. The molecule has 1 amide bonds. The minimum Gasteiger partial charge on any atom is -0.489 e. The predicted molar refractivity (Wildman–Crippen MR) is 88.7 cm³/mol. The number of aliphatic hydroxyl groups excluding tert-OH is 1. The van der Waals surface area contributed by atoms with Crippen LogP contribution in [0.15, 0.2) is 54.6 Å². The van der Waals surface area contributed by atoms with Crippen molar-refractivity contribution in [2.45, 2.75) is 32.2 Å². The highest BCUT2D eigenvalue weighted by Gasteiger charge is 2.19. The molecule has 0 saturated heterocycles. The molecule has 0 spiro atoms. The number of carbonyl (C=O) groups excluding carboxylic acids is 1. The van der Waals surface area contributed by atoms with E-state index < -0.39 is 18.1 Å². The monoisotopic (exact) mass is 314 g/mol. The molecular weight excluding hydrogens is 292 g/mol. The quantitative estimate of drug-likeness (QED) is 0.691. The van der Waals surface area contributed by atoms with Crippen LogP contribution in [0.5, 0.6) is 5.75 Å². The van der Waals surface area contributed by atoms with Crippen molar-refractivity contribution in [1.82, 2.24) is 5.32 Å². The molecule has 2 atom stereocenters. The van der Waals surface area contributed by atoms with Gasteiger partial charge in [-0.2, -0.15) is 0 Å². The minimum atomic E-state index is -0.832. The Morgan fingerprint density at radius 1 is 1.13 bits per heavy atom. The van der Waals surface area contributed by atoms with Gasteiger partial charge in [0.25, 0.3) is 0 Å². The number of rotatable bonds is 8. The number of hydrogen-bond donors (Lipinski definition) is 3. The Morgan fingerprint density at radius 2 is 1.78 bits per heavy atom. The van der Waals surface area contributed by atoms with Crippen molar-refractivity contribution >= 4 is 5.91 Å². The second-order valence-electron chi connectivity index (χ2n) is 5.42. The number of nitrogens with two attached hydrogens (primary N) is 1. The average molecular weight is 314 g/mol. The molecule has 0 saturated carbocycles. The number of amides is 1. The van der Waals surface area contributed by atoms with E-state index in [1.54, 1.807) is 0 Å². The van der Waals surface area contributed by atoms with Gasteiger partial charge in [-0.3, -0.25) is 10.1 Å². The molecule has 2 unspecified atom stereocenters. The topological polar surface area (TPSA) is 84.6 Å². The lowest BCUT2D eigenvalue weighted by molar-refractivity contribution is -0.122. The molecule has 0 fully saturated rings. The normalized spacial score (nSPS) is 13.3. The summed E-state index contributed by atoms with van der Waals surface area (Å²) in [7, 11) is 0. The number of benzene rings is 2. The largest absolute Gasteiger partial charge is 0.489 e. The van der Waals surface area contributed by atoms with E-state index >= 15 is 0 Å². The first-order chi connectivity index (χ1) is 11.1. The van der Waals surface area contributed by atoms with Crippen LogP contribution in [-0.4, -0.2) is 23.2 Å². The van der Waals surface area contributed by atoms with Crippen LogP contribution >= 0.6 is 0 Å². The molecule has 0 heterocycles. The Hall–Kier alpha value is -2.37. The predicted octanol–water partition coefficient (Wildman–Crippen LogP) is 1.59. The molecule has 4 N–H and O–H groups in total. The maximum atomic E-state index is 11.2. The zero-order valence-electron chi connectivity index (χ0n) is 13.1. The lowest BCUT2D eigenvalue weighted by atomic mass is 10.1. The number of ether oxygens (including phenoxy) is 1. The van der Waals surface area contributed by atoms with Crippen molar-refractivity contribution in [2.75, 3.05) is 0 Å². The van der Waals surface area contributed by atoms with Gasteiger partial charge in [-0.1, -0.05) is 42.5 Å². The third-order valence-electron chi connectivity index (χ3n) is 3.49. The molecule has 0 radical (unpaired) electrons. The molecule has 5 nitrogen and oxygen atoms in total. The van der Waals surface area contributed by atoms with Crippen LogP contribution in [0.25, 0.3) is 0 Å². The molecular formula is C18H22N2O3. The Labute approximate surface area is 136 Å². The van der Waals surface area contributed by atoms with E-state index in [1.165, 1.54) is 6.92 Å². The molecule has 2 aromatic carbocycles. The van der Waals surface area contributed by atoms with Gasteiger partial charge in [-0.05, 0) is 30.2 Å². The first-order valence-electron chi connectivity index (χ1n) is 7.52. The van der Waals surface area contributed by atoms with Gasteiger partial charge in [0.2, 0.25) is 5.91 Å². The second-order valence-corrected chi connectivity index (χ2v) is 5.42. The maximum absolute atomic E-state index is 11.2. The Bertz CT molecular complexity index is 612. The van der Waals surface area contributed by atoms with Crippen LogP contribution in [0.3, 0.4) is 0 Å². The Balaban J connectivity index is 1.85. The number of carbonyl (C=O) groups is 1. The first kappa shape index (κ1) is 17.0. The van der Waals surface area contributed by atoms with Gasteiger partial charge in [0.05, 0.1) is 6.10 Å². The summed E-state index contributed by atoms with van der Waals surface area (Å²) in [4.78, 5) is 11.2. The fourth-order valence-electron chi connectivity index (χ4n) is 2.18. The van der Waals surface area contributed by atoms with Crippen molar-refractivity contribution in [3.63, 3.8) is 0 Å². The number of aliphatic hydroxyl groups is 1. The second kappa shape index (κ2) is 8.31. The molecule has 0 bridgehead atoms. The van der Waals surface area contributed by atoms with Crippen molar-refractivity contribution in [3.8, 4) is 5.75 Å². The summed E-state index contributed by atoms with van der Waals surface area (Å²) in [6.45, 7) is 2.49. The zero-order chi connectivity index (χ0) is 16.7. The molecule has 23 heavy (non-hydrogen) atoms. The van der Waals surface area contributed by atoms with Crippen LogP contribution < -0.4 is 15.8 Å². The standard InChI is InChI=1S/C18H22N2O3/c1-13(21)17(18(19)22)20-11-14-7-9-16(10-8-14)23-12-15-5-3-2-4-6-15/h2-10,13,17,20-21H,11-12H2,1H3,(H2,19,22). The van der Waals surface area contributed by atoms with Gasteiger partial charge in [0.15, 0.2) is 0 Å². The van der Waals surface area contributed by atoms with E-state index in [4.69, 9.17) is 10.5 Å². The molecule has 0 aliphatic carbocycles. The van der Waals surface area contributed by atoms with Gasteiger partial charge in [0, 0.05) is 6.54 Å². The minimum absolute atomic E-state index is 0.442. The zero-order valence-corrected chi connectivity index (χ0v) is 13.1. The van der Waals surface area contributed by atoms with Crippen LogP contribution in [-0.2, 0) is 17.9 Å². The average Bonchev–Trinajstić information content (AvgIpc) is 2.54. The van der Waals surface area contributed by atoms with E-state index in [2.05, 4.69) is 5.32 Å². The lowest BCUT2D eigenvalue weighted by Gasteiger charge is -2.18. The molecule has 0 aliphatic heterocycles. The van der Waals surface area contributed by atoms with E-state index in [1.807, 2.05) is 54.6 Å².